The number of aryl methyl sites for hydroxylation is 2. The van der Waals surface area contributed by atoms with Gasteiger partial charge in [0.05, 0.1) is 30.0 Å². The molecular formula is C17H20N2O7S. The standard InChI is InChI=1S/C17H20N2O7S/c1-5-24-16(20)12-7-13(17(21)25-6-2)9-14(8-12)19-27(22,23)15-10(3)18-26-11(15)4/h7-9,19H,5-6H2,1-4H3. The Bertz CT molecular complexity index is 908. The van der Waals surface area contributed by atoms with Crippen molar-refractivity contribution in [3.05, 3.63) is 40.8 Å². The van der Waals surface area contributed by atoms with Crippen molar-refractivity contribution >= 4 is 27.6 Å². The first-order chi connectivity index (χ1) is 12.7. The average Bonchev–Trinajstić information content (AvgIpc) is 2.94. The number of sulfonamides is 1. The molecule has 0 aliphatic rings. The first-order valence-electron chi connectivity index (χ1n) is 8.14. The molecule has 2 rings (SSSR count). The Morgan fingerprint density at radius 3 is 1.96 bits per heavy atom. The lowest BCUT2D eigenvalue weighted by molar-refractivity contribution is 0.0525. The molecule has 2 aromatic rings. The van der Waals surface area contributed by atoms with Crippen molar-refractivity contribution in [1.29, 1.82) is 0 Å². The van der Waals surface area contributed by atoms with Crippen LogP contribution in [0.4, 0.5) is 5.69 Å². The molecule has 10 heteroatoms. The lowest BCUT2D eigenvalue weighted by atomic mass is 10.1. The van der Waals surface area contributed by atoms with E-state index in [9.17, 15) is 18.0 Å². The van der Waals surface area contributed by atoms with Gasteiger partial charge in [0, 0.05) is 0 Å². The van der Waals surface area contributed by atoms with E-state index in [0.29, 0.717) is 0 Å². The summed E-state index contributed by atoms with van der Waals surface area (Å²) in [4.78, 5) is 24.0. The first kappa shape index (κ1) is 20.4. The molecule has 0 radical (unpaired) electrons. The summed E-state index contributed by atoms with van der Waals surface area (Å²) in [6.07, 6.45) is 0. The molecule has 0 spiro atoms. The van der Waals surface area contributed by atoms with Crippen LogP contribution in [0.1, 0.15) is 46.0 Å². The van der Waals surface area contributed by atoms with Crippen LogP contribution >= 0.6 is 0 Å². The molecule has 146 valence electrons. The van der Waals surface area contributed by atoms with Crippen LogP contribution in [-0.2, 0) is 19.5 Å². The number of carbonyl (C=O) groups excluding carboxylic acids is 2. The van der Waals surface area contributed by atoms with Crippen molar-refractivity contribution in [3.63, 3.8) is 0 Å². The van der Waals surface area contributed by atoms with Crippen LogP contribution in [0.2, 0.25) is 0 Å². The molecule has 1 aromatic carbocycles. The van der Waals surface area contributed by atoms with Crippen LogP contribution < -0.4 is 4.72 Å². The summed E-state index contributed by atoms with van der Waals surface area (Å²) in [5, 5.41) is 3.62. The lowest BCUT2D eigenvalue weighted by Gasteiger charge is -2.11. The molecule has 9 nitrogen and oxygen atoms in total. The van der Waals surface area contributed by atoms with Gasteiger partial charge in [-0.1, -0.05) is 5.16 Å². The number of ether oxygens (including phenoxy) is 2. The number of hydrogen-bond donors (Lipinski definition) is 1. The smallest absolute Gasteiger partial charge is 0.338 e. The zero-order chi connectivity index (χ0) is 20.2. The third kappa shape index (κ3) is 4.64. The van der Waals surface area contributed by atoms with E-state index in [-0.39, 0.29) is 46.4 Å². The molecular weight excluding hydrogens is 376 g/mol. The largest absolute Gasteiger partial charge is 0.462 e. The number of hydrogen-bond acceptors (Lipinski definition) is 8. The molecule has 0 atom stereocenters. The van der Waals surface area contributed by atoms with Gasteiger partial charge < -0.3 is 14.0 Å². The van der Waals surface area contributed by atoms with Gasteiger partial charge in [-0.05, 0) is 45.9 Å². The molecule has 1 aromatic heterocycles. The van der Waals surface area contributed by atoms with Gasteiger partial charge in [-0.3, -0.25) is 4.72 Å². The molecule has 0 unspecified atom stereocenters. The van der Waals surface area contributed by atoms with E-state index in [1.165, 1.54) is 32.0 Å². The van der Waals surface area contributed by atoms with Gasteiger partial charge in [0.1, 0.15) is 5.69 Å². The minimum Gasteiger partial charge on any atom is -0.462 e. The average molecular weight is 396 g/mol. The SMILES string of the molecule is CCOC(=O)c1cc(NS(=O)(=O)c2c(C)noc2C)cc(C(=O)OCC)c1. The van der Waals surface area contributed by atoms with Crippen LogP contribution in [0.5, 0.6) is 0 Å². The van der Waals surface area contributed by atoms with Gasteiger partial charge in [0.15, 0.2) is 10.7 Å². The molecule has 0 saturated carbocycles. The van der Waals surface area contributed by atoms with Gasteiger partial charge in [-0.15, -0.1) is 0 Å². The van der Waals surface area contributed by atoms with E-state index in [1.54, 1.807) is 13.8 Å². The fourth-order valence-electron chi connectivity index (χ4n) is 2.42. The van der Waals surface area contributed by atoms with Crippen molar-refractivity contribution in [1.82, 2.24) is 5.16 Å². The molecule has 0 aliphatic heterocycles. The van der Waals surface area contributed by atoms with Crippen molar-refractivity contribution in [2.24, 2.45) is 0 Å². The quantitative estimate of drug-likeness (QED) is 0.708. The molecule has 1 N–H and O–H groups in total. The fourth-order valence-corrected chi connectivity index (χ4v) is 3.79. The van der Waals surface area contributed by atoms with Gasteiger partial charge in [-0.2, -0.15) is 0 Å². The molecule has 1 heterocycles. The van der Waals surface area contributed by atoms with E-state index in [2.05, 4.69) is 9.88 Å². The minimum absolute atomic E-state index is 0.00334. The van der Waals surface area contributed by atoms with E-state index >= 15 is 0 Å². The number of nitrogens with zero attached hydrogens (tertiary/aromatic N) is 1. The highest BCUT2D eigenvalue weighted by Crippen LogP contribution is 2.24. The number of benzene rings is 1. The van der Waals surface area contributed by atoms with Gasteiger partial charge in [0.2, 0.25) is 0 Å². The third-order valence-electron chi connectivity index (χ3n) is 3.44. The van der Waals surface area contributed by atoms with Crippen LogP contribution in [-0.4, -0.2) is 38.7 Å². The number of rotatable bonds is 7. The molecule has 27 heavy (non-hydrogen) atoms. The summed E-state index contributed by atoms with van der Waals surface area (Å²) in [5.41, 5.74) is 0.216. The molecule has 0 aliphatic carbocycles. The lowest BCUT2D eigenvalue weighted by Crippen LogP contribution is -2.16. The highest BCUT2D eigenvalue weighted by molar-refractivity contribution is 7.92. The summed E-state index contributed by atoms with van der Waals surface area (Å²) in [6, 6.07) is 3.83. The molecule has 0 amide bonds. The van der Waals surface area contributed by atoms with Crippen molar-refractivity contribution in [3.8, 4) is 0 Å². The highest BCUT2D eigenvalue weighted by Gasteiger charge is 2.25. The van der Waals surface area contributed by atoms with E-state index in [1.807, 2.05) is 0 Å². The van der Waals surface area contributed by atoms with E-state index in [0.717, 1.165) is 0 Å². The van der Waals surface area contributed by atoms with Crippen LogP contribution in [0.25, 0.3) is 0 Å². The maximum absolute atomic E-state index is 12.7. The molecule has 0 fully saturated rings. The summed E-state index contributed by atoms with van der Waals surface area (Å²) >= 11 is 0. The second-order valence-electron chi connectivity index (χ2n) is 5.50. The van der Waals surface area contributed by atoms with E-state index < -0.39 is 22.0 Å². The van der Waals surface area contributed by atoms with Gasteiger partial charge in [0.25, 0.3) is 10.0 Å². The number of esters is 2. The number of aromatic nitrogens is 1. The topological polar surface area (TPSA) is 125 Å². The maximum Gasteiger partial charge on any atom is 0.338 e. The van der Waals surface area contributed by atoms with Gasteiger partial charge >= 0.3 is 11.9 Å². The normalized spacial score (nSPS) is 11.1. The predicted octanol–water partition coefficient (Wildman–Crippen LogP) is 2.45. The third-order valence-corrected chi connectivity index (χ3v) is 5.07. The van der Waals surface area contributed by atoms with Crippen molar-refractivity contribution < 1.29 is 32.0 Å². The zero-order valence-corrected chi connectivity index (χ0v) is 16.2. The monoisotopic (exact) mass is 396 g/mol. The Balaban J connectivity index is 2.48. The van der Waals surface area contributed by atoms with E-state index in [4.69, 9.17) is 14.0 Å². The molecule has 0 bridgehead atoms. The Kier molecular flexibility index (Phi) is 6.21. The maximum atomic E-state index is 12.7. The Labute approximate surface area is 156 Å². The minimum atomic E-state index is -4.05. The summed E-state index contributed by atoms with van der Waals surface area (Å²) in [6.45, 7) is 6.48. The second-order valence-corrected chi connectivity index (χ2v) is 7.12. The second kappa shape index (κ2) is 8.21. The van der Waals surface area contributed by atoms with Crippen molar-refractivity contribution in [2.45, 2.75) is 32.6 Å². The Morgan fingerprint density at radius 2 is 1.56 bits per heavy atom. The number of anilines is 1. The Hall–Kier alpha value is -2.88. The zero-order valence-electron chi connectivity index (χ0n) is 15.4. The molecule has 0 saturated heterocycles. The summed E-state index contributed by atoms with van der Waals surface area (Å²) in [7, 11) is -4.05. The summed E-state index contributed by atoms with van der Waals surface area (Å²) in [5.74, 6) is -1.27. The first-order valence-corrected chi connectivity index (χ1v) is 9.63. The van der Waals surface area contributed by atoms with Gasteiger partial charge in [-0.25, -0.2) is 18.0 Å². The van der Waals surface area contributed by atoms with Crippen LogP contribution in [0.15, 0.2) is 27.6 Å². The van der Waals surface area contributed by atoms with Crippen molar-refractivity contribution in [2.75, 3.05) is 17.9 Å². The van der Waals surface area contributed by atoms with Crippen LogP contribution in [0, 0.1) is 13.8 Å². The van der Waals surface area contributed by atoms with Crippen LogP contribution in [0.3, 0.4) is 0 Å². The summed E-state index contributed by atoms with van der Waals surface area (Å²) < 4.78 is 42.4. The predicted molar refractivity (Wildman–Crippen MR) is 95.1 cm³/mol. The number of nitrogens with one attached hydrogen (secondary N) is 1. The number of carbonyl (C=O) groups is 2. The highest BCUT2D eigenvalue weighted by atomic mass is 32.2. The fraction of sp³-hybridized carbons (Fsp3) is 0.353. The Morgan fingerprint density at radius 1 is 1.04 bits per heavy atom.